The fourth-order valence-corrected chi connectivity index (χ4v) is 5.00. The number of aromatic nitrogens is 3. The Hall–Kier alpha value is -3.05. The van der Waals surface area contributed by atoms with Gasteiger partial charge in [-0.2, -0.15) is 5.10 Å². The number of halogens is 1. The molecule has 0 spiro atoms. The van der Waals surface area contributed by atoms with Crippen LogP contribution in [-0.2, 0) is 32.0 Å². The number of hydrogen-bond donors (Lipinski definition) is 3. The summed E-state index contributed by atoms with van der Waals surface area (Å²) in [6.45, 7) is 2.04. The molecule has 38 heavy (non-hydrogen) atoms. The summed E-state index contributed by atoms with van der Waals surface area (Å²) in [6, 6.07) is 7.12. The number of carbonyl (C=O) groups is 2. The first-order valence-electron chi connectivity index (χ1n) is 12.3. The van der Waals surface area contributed by atoms with Crippen LogP contribution in [0.5, 0.6) is 0 Å². The topological polar surface area (TPSA) is 144 Å². The summed E-state index contributed by atoms with van der Waals surface area (Å²) < 4.78 is 11.8. The highest BCUT2D eigenvalue weighted by molar-refractivity contribution is 6.30. The fraction of sp³-hybridized carbons (Fsp3) is 0.481. The molecule has 0 radical (unpaired) electrons. The molecule has 10 nitrogen and oxygen atoms in total. The maximum atomic E-state index is 11.8. The Balaban J connectivity index is 0.000000275. The molecule has 1 fully saturated rings. The van der Waals surface area contributed by atoms with Crippen LogP contribution in [0.4, 0.5) is 0 Å². The zero-order chi connectivity index (χ0) is 27.8. The maximum Gasteiger partial charge on any atom is 0.332 e. The lowest BCUT2D eigenvalue weighted by Crippen LogP contribution is -2.42. The van der Waals surface area contributed by atoms with E-state index < -0.39 is 28.9 Å². The standard InChI is InChI=1S/C19H21ClO6.C8H13N3O/c1-19(10-26-11-25-2)15(17(21)22)8-13(9-16(19)18(23)24)7-12-3-5-14(20)6-4-12;12-8(3-1-2-4-8)5-11-7-9-6-10-11/h3-6,8-9,15H,7,10-11H2,1-2H3,(H,21,22)(H,23,24);6-7,12H,1-5H2. The molecule has 0 aliphatic heterocycles. The minimum Gasteiger partial charge on any atom is -0.481 e. The number of hydrogen-bond acceptors (Lipinski definition) is 7. The van der Waals surface area contributed by atoms with E-state index in [0.29, 0.717) is 23.6 Å². The van der Waals surface area contributed by atoms with Gasteiger partial charge in [-0.15, -0.1) is 0 Å². The Labute approximate surface area is 226 Å². The van der Waals surface area contributed by atoms with Gasteiger partial charge >= 0.3 is 11.9 Å². The van der Waals surface area contributed by atoms with Gasteiger partial charge in [-0.25, -0.2) is 9.78 Å². The number of aliphatic hydroxyl groups is 1. The molecule has 206 valence electrons. The van der Waals surface area contributed by atoms with Crippen LogP contribution in [0.1, 0.15) is 38.2 Å². The van der Waals surface area contributed by atoms with Crippen molar-refractivity contribution in [3.8, 4) is 0 Å². The molecule has 11 heteroatoms. The maximum absolute atomic E-state index is 11.8. The van der Waals surface area contributed by atoms with Crippen molar-refractivity contribution in [2.75, 3.05) is 20.5 Å². The number of rotatable bonds is 10. The van der Waals surface area contributed by atoms with Crippen LogP contribution >= 0.6 is 11.6 Å². The van der Waals surface area contributed by atoms with Gasteiger partial charge in [0.2, 0.25) is 0 Å². The zero-order valence-electron chi connectivity index (χ0n) is 21.5. The van der Waals surface area contributed by atoms with Crippen LogP contribution < -0.4 is 0 Å². The second-order valence-electron chi connectivity index (χ2n) is 9.92. The number of nitrogens with zero attached hydrogens (tertiary/aromatic N) is 3. The van der Waals surface area contributed by atoms with E-state index in [0.717, 1.165) is 31.2 Å². The molecule has 2 unspecified atom stereocenters. The Morgan fingerprint density at radius 3 is 2.42 bits per heavy atom. The molecule has 2 aliphatic rings. The van der Waals surface area contributed by atoms with Crippen molar-refractivity contribution in [1.29, 1.82) is 0 Å². The first-order valence-corrected chi connectivity index (χ1v) is 12.7. The molecule has 0 saturated heterocycles. The summed E-state index contributed by atoms with van der Waals surface area (Å²) >= 11 is 5.88. The third-order valence-electron chi connectivity index (χ3n) is 6.89. The van der Waals surface area contributed by atoms with Gasteiger partial charge in [-0.3, -0.25) is 9.48 Å². The largest absolute Gasteiger partial charge is 0.481 e. The minimum atomic E-state index is -1.21. The number of ether oxygens (including phenoxy) is 2. The second kappa shape index (κ2) is 13.1. The molecule has 2 aromatic rings. The molecule has 1 aromatic carbocycles. The number of carboxylic acid groups (broad SMARTS) is 2. The number of aliphatic carboxylic acids is 2. The lowest BCUT2D eigenvalue weighted by molar-refractivity contribution is -0.147. The summed E-state index contributed by atoms with van der Waals surface area (Å²) in [5, 5.41) is 33.9. The number of allylic oxidation sites excluding steroid dienone is 2. The van der Waals surface area contributed by atoms with Crippen LogP contribution in [0.2, 0.25) is 5.02 Å². The van der Waals surface area contributed by atoms with Crippen molar-refractivity contribution < 1.29 is 34.4 Å². The summed E-state index contributed by atoms with van der Waals surface area (Å²) in [4.78, 5) is 27.5. The van der Waals surface area contributed by atoms with Crippen LogP contribution in [0.3, 0.4) is 0 Å². The van der Waals surface area contributed by atoms with Gasteiger partial charge in [0.05, 0.1) is 24.7 Å². The molecular formula is C27H34ClN3O7. The van der Waals surface area contributed by atoms with Crippen LogP contribution in [-0.4, -0.2) is 68.1 Å². The lowest BCUT2D eigenvalue weighted by atomic mass is 9.67. The highest BCUT2D eigenvalue weighted by Gasteiger charge is 2.46. The highest BCUT2D eigenvalue weighted by Crippen LogP contribution is 2.42. The van der Waals surface area contributed by atoms with Gasteiger partial charge in [0.25, 0.3) is 0 Å². The van der Waals surface area contributed by atoms with E-state index >= 15 is 0 Å². The Kier molecular flexibility index (Phi) is 10.2. The monoisotopic (exact) mass is 547 g/mol. The third kappa shape index (κ3) is 7.73. The zero-order valence-corrected chi connectivity index (χ0v) is 22.3. The Morgan fingerprint density at radius 2 is 1.87 bits per heavy atom. The molecule has 3 N–H and O–H groups in total. The number of benzene rings is 1. The quantitative estimate of drug-likeness (QED) is 0.299. The summed E-state index contributed by atoms with van der Waals surface area (Å²) in [5.41, 5.74) is -0.188. The van der Waals surface area contributed by atoms with Crippen molar-refractivity contribution in [2.45, 2.75) is 51.2 Å². The first kappa shape index (κ1) is 29.5. The minimum absolute atomic E-state index is 0.00691. The highest BCUT2D eigenvalue weighted by atomic mass is 35.5. The van der Waals surface area contributed by atoms with Gasteiger partial charge in [0.1, 0.15) is 19.4 Å². The van der Waals surface area contributed by atoms with Crippen LogP contribution in [0.15, 0.2) is 60.2 Å². The van der Waals surface area contributed by atoms with E-state index in [-0.39, 0.29) is 19.0 Å². The van der Waals surface area contributed by atoms with E-state index in [1.165, 1.54) is 19.5 Å². The van der Waals surface area contributed by atoms with Gasteiger partial charge in [0.15, 0.2) is 0 Å². The van der Waals surface area contributed by atoms with E-state index in [1.807, 2.05) is 12.1 Å². The predicted octanol–water partition coefficient (Wildman–Crippen LogP) is 3.74. The van der Waals surface area contributed by atoms with Crippen molar-refractivity contribution in [3.05, 3.63) is 70.8 Å². The molecule has 1 aromatic heterocycles. The SMILES string of the molecule is COCOCC1(C)C(C(=O)O)=CC(Cc2ccc(Cl)cc2)=CC1C(=O)O.OC1(Cn2cncn2)CCCC1. The molecule has 1 heterocycles. The third-order valence-corrected chi connectivity index (χ3v) is 7.14. The molecule has 2 aliphatic carbocycles. The van der Waals surface area contributed by atoms with Crippen molar-refractivity contribution in [3.63, 3.8) is 0 Å². The van der Waals surface area contributed by atoms with E-state index in [1.54, 1.807) is 36.1 Å². The first-order chi connectivity index (χ1) is 18.1. The molecular weight excluding hydrogens is 514 g/mol. The van der Waals surface area contributed by atoms with E-state index in [9.17, 15) is 24.9 Å². The van der Waals surface area contributed by atoms with E-state index in [2.05, 4.69) is 10.1 Å². The molecule has 2 atom stereocenters. The second-order valence-corrected chi connectivity index (χ2v) is 10.4. The van der Waals surface area contributed by atoms with Gasteiger partial charge in [0, 0.05) is 23.1 Å². The Morgan fingerprint density at radius 1 is 1.18 bits per heavy atom. The molecule has 1 saturated carbocycles. The summed E-state index contributed by atoms with van der Waals surface area (Å²) in [5.74, 6) is -3.30. The van der Waals surface area contributed by atoms with Crippen LogP contribution in [0, 0.1) is 11.3 Å². The van der Waals surface area contributed by atoms with Crippen molar-refractivity contribution in [2.24, 2.45) is 11.3 Å². The summed E-state index contributed by atoms with van der Waals surface area (Å²) in [6.07, 6.45) is 10.7. The predicted molar refractivity (Wildman–Crippen MR) is 139 cm³/mol. The lowest BCUT2D eigenvalue weighted by Gasteiger charge is -2.37. The molecule has 0 amide bonds. The molecule has 0 bridgehead atoms. The summed E-state index contributed by atoms with van der Waals surface area (Å²) in [7, 11) is 1.44. The van der Waals surface area contributed by atoms with E-state index in [4.69, 9.17) is 21.1 Å². The average molecular weight is 548 g/mol. The average Bonchev–Trinajstić information content (AvgIpc) is 3.53. The Bertz CT molecular complexity index is 1140. The van der Waals surface area contributed by atoms with Gasteiger partial charge in [-0.05, 0) is 48.6 Å². The fourth-order valence-electron chi connectivity index (χ4n) is 4.87. The van der Waals surface area contributed by atoms with Crippen molar-refractivity contribution in [1.82, 2.24) is 14.8 Å². The van der Waals surface area contributed by atoms with Gasteiger partial charge < -0.3 is 24.8 Å². The van der Waals surface area contributed by atoms with Crippen molar-refractivity contribution >= 4 is 23.5 Å². The number of methoxy groups -OCH3 is 1. The van der Waals surface area contributed by atoms with Gasteiger partial charge in [-0.1, -0.05) is 49.6 Å². The van der Waals surface area contributed by atoms with Crippen LogP contribution in [0.25, 0.3) is 0 Å². The molecule has 4 rings (SSSR count). The number of carboxylic acids is 2. The normalized spacial score (nSPS) is 22.2. The smallest absolute Gasteiger partial charge is 0.332 e.